The number of thioether (sulfide) groups is 1. The van der Waals surface area contributed by atoms with Crippen LogP contribution in [-0.4, -0.2) is 71.7 Å². The summed E-state index contributed by atoms with van der Waals surface area (Å²) in [5.41, 5.74) is 0. The summed E-state index contributed by atoms with van der Waals surface area (Å²) in [7, 11) is 0. The molecule has 0 spiro atoms. The molecule has 14 heteroatoms. The number of rotatable bonds is 11. The number of urea groups is 1. The summed E-state index contributed by atoms with van der Waals surface area (Å²) < 4.78 is 0.895. The molecule has 0 bridgehead atoms. The predicted octanol–water partition coefficient (Wildman–Crippen LogP) is 1.63. The lowest BCUT2D eigenvalue weighted by molar-refractivity contribution is -0.498. The topological polar surface area (TPSA) is 155 Å². The first kappa shape index (κ1) is 24.5. The average molecular weight is 502 g/mol. The molecule has 3 rings (SSSR count). The third-order valence-electron chi connectivity index (χ3n) is 5.15. The summed E-state index contributed by atoms with van der Waals surface area (Å²) in [6, 6.07) is 3.19. The van der Waals surface area contributed by atoms with Gasteiger partial charge in [-0.1, -0.05) is 25.1 Å². The molecule has 5 atom stereocenters. The monoisotopic (exact) mass is 501 g/mol. The van der Waals surface area contributed by atoms with Crippen molar-refractivity contribution in [3.63, 3.8) is 0 Å². The van der Waals surface area contributed by atoms with E-state index in [1.807, 2.05) is 0 Å². The fourth-order valence-electron chi connectivity index (χ4n) is 3.60. The molecule has 3 amide bonds. The van der Waals surface area contributed by atoms with Gasteiger partial charge in [-0.05, 0) is 25.0 Å². The zero-order chi connectivity index (χ0) is 23.3. The number of amides is 3. The fraction of sp³-hybridized carbons (Fsp3) is 0.556. The first-order valence-electron chi connectivity index (χ1n) is 9.92. The molecule has 32 heavy (non-hydrogen) atoms. The Hall–Kier alpha value is -2.19. The number of nitrogens with one attached hydrogen (secondary N) is 2. The number of carbonyl (C=O) groups excluding carboxylic acids is 2. The van der Waals surface area contributed by atoms with Crippen molar-refractivity contribution in [1.82, 2.24) is 19.9 Å². The molecule has 1 aromatic heterocycles. The van der Waals surface area contributed by atoms with E-state index in [0.29, 0.717) is 17.9 Å². The van der Waals surface area contributed by atoms with Gasteiger partial charge in [-0.2, -0.15) is 11.8 Å². The summed E-state index contributed by atoms with van der Waals surface area (Å²) in [5.74, 6) is -1.22. The highest BCUT2D eigenvalue weighted by Crippen LogP contribution is 2.33. The van der Waals surface area contributed by atoms with Gasteiger partial charge in [-0.3, -0.25) is 19.2 Å². The Morgan fingerprint density at radius 2 is 2.19 bits per heavy atom. The number of unbranched alkanes of at least 4 members (excludes halogenated alkanes) is 1. The second kappa shape index (κ2) is 11.1. The maximum absolute atomic E-state index is 12.9. The molecule has 0 aromatic carbocycles. The number of pyridine rings is 1. The highest BCUT2D eigenvalue weighted by Gasteiger charge is 2.44. The number of carboxylic acids is 1. The minimum Gasteiger partial charge on any atom is -0.479 e. The number of carboxylic acid groups (broad SMARTS) is 1. The van der Waals surface area contributed by atoms with E-state index < -0.39 is 28.2 Å². The Morgan fingerprint density at radius 1 is 1.41 bits per heavy atom. The van der Waals surface area contributed by atoms with E-state index in [1.54, 1.807) is 30.0 Å². The molecular weight excluding hydrogens is 478 g/mol. The van der Waals surface area contributed by atoms with Crippen LogP contribution in [0.2, 0.25) is 0 Å². The van der Waals surface area contributed by atoms with Crippen LogP contribution in [0, 0.1) is 10.1 Å². The molecule has 1 unspecified atom stereocenters. The smallest absolute Gasteiger partial charge is 0.335 e. The third-order valence-corrected chi connectivity index (χ3v) is 8.18. The lowest BCUT2D eigenvalue weighted by Crippen LogP contribution is -2.49. The Labute approximate surface area is 198 Å². The average Bonchev–Trinajstić information content (AvgIpc) is 3.30. The van der Waals surface area contributed by atoms with Crippen LogP contribution < -0.4 is 10.6 Å². The molecule has 2 saturated heterocycles. The number of fused-ring (bicyclic) bond motifs is 1. The van der Waals surface area contributed by atoms with E-state index in [4.69, 9.17) is 0 Å². The van der Waals surface area contributed by atoms with Crippen molar-refractivity contribution in [2.24, 2.45) is 0 Å². The molecule has 174 valence electrons. The number of nitrogens with zero attached hydrogens (tertiary/aromatic N) is 3. The zero-order valence-electron chi connectivity index (χ0n) is 16.8. The molecule has 11 nitrogen and oxygen atoms in total. The molecule has 2 aliphatic rings. The van der Waals surface area contributed by atoms with Crippen LogP contribution in [-0.2, 0) is 9.59 Å². The maximum atomic E-state index is 12.9. The first-order valence-corrected chi connectivity index (χ1v) is 12.3. The Balaban J connectivity index is 1.60. The zero-order valence-corrected chi connectivity index (χ0v) is 19.4. The Bertz CT molecular complexity index is 863. The van der Waals surface area contributed by atoms with Gasteiger partial charge in [0.25, 0.3) is 5.37 Å². The van der Waals surface area contributed by atoms with Crippen molar-refractivity contribution in [2.75, 3.05) is 5.75 Å². The highest BCUT2D eigenvalue weighted by molar-refractivity contribution is 8.00. The van der Waals surface area contributed by atoms with Crippen LogP contribution in [0.1, 0.15) is 25.7 Å². The van der Waals surface area contributed by atoms with Crippen molar-refractivity contribution >= 4 is 54.2 Å². The van der Waals surface area contributed by atoms with Gasteiger partial charge >= 0.3 is 12.0 Å². The van der Waals surface area contributed by atoms with Crippen LogP contribution in [0.15, 0.2) is 29.4 Å². The molecule has 0 radical (unpaired) electrons. The summed E-state index contributed by atoms with van der Waals surface area (Å²) in [6.07, 6.45) is 3.48. The van der Waals surface area contributed by atoms with Crippen molar-refractivity contribution < 1.29 is 24.4 Å². The van der Waals surface area contributed by atoms with Gasteiger partial charge in [0.05, 0.1) is 12.1 Å². The SMILES string of the molecule is O=C1N[C@H]2[C@H](CS[C@H]2CCCCC(=O)N(Sc2ccccn2)[C@H](C(=O)O)C(S)[N+](=O)[O-])N1. The quantitative estimate of drug-likeness (QED) is 0.0673. The van der Waals surface area contributed by atoms with Crippen molar-refractivity contribution in [3.8, 4) is 0 Å². The second-order valence-electron chi connectivity index (χ2n) is 7.33. The van der Waals surface area contributed by atoms with E-state index >= 15 is 0 Å². The minimum atomic E-state index is -1.79. The van der Waals surface area contributed by atoms with Crippen LogP contribution in [0.3, 0.4) is 0 Å². The number of hydrogen-bond donors (Lipinski definition) is 4. The number of hydrogen-bond acceptors (Lipinski definition) is 9. The van der Waals surface area contributed by atoms with E-state index in [1.165, 1.54) is 6.20 Å². The Morgan fingerprint density at radius 3 is 2.84 bits per heavy atom. The molecule has 3 N–H and O–H groups in total. The largest absolute Gasteiger partial charge is 0.479 e. The van der Waals surface area contributed by atoms with Gasteiger partial charge in [0, 0.05) is 40.5 Å². The number of carbonyl (C=O) groups is 3. The molecule has 3 heterocycles. The van der Waals surface area contributed by atoms with Crippen molar-refractivity contribution in [3.05, 3.63) is 34.5 Å². The van der Waals surface area contributed by atoms with E-state index in [0.717, 1.165) is 28.4 Å². The van der Waals surface area contributed by atoms with Gasteiger partial charge in [0.15, 0.2) is 0 Å². The van der Waals surface area contributed by atoms with E-state index in [-0.39, 0.29) is 29.8 Å². The standard InChI is InChI=1S/C18H23N5O6S3/c24-13(7-2-1-5-11-14-10(9-31-11)20-18(27)21-14)22(32-12-6-3-4-8-19-12)15(17(25)26)16(30)23(28)29/h3-4,6,8,10-11,14-16,30H,1-2,5,7,9H2,(H,25,26)(H2,20,21,27)/t10-,11-,14-,15-,16?/m0/s1. The van der Waals surface area contributed by atoms with Crippen molar-refractivity contribution in [2.45, 2.75) is 59.5 Å². The number of thiol groups is 1. The normalized spacial score (nSPS) is 23.5. The van der Waals surface area contributed by atoms with E-state index in [9.17, 15) is 29.6 Å². The molecule has 2 fully saturated rings. The summed E-state index contributed by atoms with van der Waals surface area (Å²) in [6.45, 7) is 0. The van der Waals surface area contributed by atoms with Gasteiger partial charge in [0.1, 0.15) is 5.03 Å². The summed E-state index contributed by atoms with van der Waals surface area (Å²) in [4.78, 5) is 50.6. The number of aliphatic carboxylic acids is 1. The number of nitro groups is 1. The van der Waals surface area contributed by atoms with Gasteiger partial charge < -0.3 is 15.7 Å². The predicted molar refractivity (Wildman–Crippen MR) is 122 cm³/mol. The van der Waals surface area contributed by atoms with Crippen LogP contribution in [0.5, 0.6) is 0 Å². The van der Waals surface area contributed by atoms with Crippen LogP contribution in [0.25, 0.3) is 0 Å². The van der Waals surface area contributed by atoms with Gasteiger partial charge in [-0.25, -0.2) is 14.6 Å². The second-order valence-corrected chi connectivity index (χ2v) is 10.1. The van der Waals surface area contributed by atoms with Crippen LogP contribution >= 0.6 is 36.3 Å². The molecular formula is C18H23N5O6S3. The maximum Gasteiger partial charge on any atom is 0.335 e. The molecule has 2 aliphatic heterocycles. The molecule has 1 aromatic rings. The lowest BCUT2D eigenvalue weighted by Gasteiger charge is -2.27. The summed E-state index contributed by atoms with van der Waals surface area (Å²) in [5, 5.41) is 25.4. The van der Waals surface area contributed by atoms with Gasteiger partial charge in [0.2, 0.25) is 11.9 Å². The first-order chi connectivity index (χ1) is 15.3. The third kappa shape index (κ3) is 5.98. The van der Waals surface area contributed by atoms with E-state index in [2.05, 4.69) is 28.2 Å². The molecule has 0 saturated carbocycles. The number of aromatic nitrogens is 1. The highest BCUT2D eigenvalue weighted by atomic mass is 32.2. The fourth-order valence-corrected chi connectivity index (χ4v) is 6.46. The Kier molecular flexibility index (Phi) is 8.48. The minimum absolute atomic E-state index is 0.0257. The molecule has 0 aliphatic carbocycles. The van der Waals surface area contributed by atoms with Crippen LogP contribution in [0.4, 0.5) is 4.79 Å². The van der Waals surface area contributed by atoms with Gasteiger partial charge in [-0.15, -0.1) is 0 Å². The van der Waals surface area contributed by atoms with Crippen molar-refractivity contribution in [1.29, 1.82) is 0 Å². The lowest BCUT2D eigenvalue weighted by atomic mass is 10.0. The summed E-state index contributed by atoms with van der Waals surface area (Å²) >= 11 is 6.34.